The van der Waals surface area contributed by atoms with Gasteiger partial charge in [-0.1, -0.05) is 19.3 Å². The lowest BCUT2D eigenvalue weighted by atomic mass is 9.82. The summed E-state index contributed by atoms with van der Waals surface area (Å²) < 4.78 is 5.58. The van der Waals surface area contributed by atoms with Crippen LogP contribution in [0.2, 0.25) is 0 Å². The standard InChI is InChI=1S/C13H26N2O/c14-13(6-2-1-3-7-13)11-15-8-9-16-10-12-4-5-12/h12,15H,1-11,14H2. The molecule has 3 nitrogen and oxygen atoms in total. The van der Waals surface area contributed by atoms with Gasteiger partial charge in [0, 0.05) is 25.2 Å². The van der Waals surface area contributed by atoms with E-state index in [4.69, 9.17) is 10.5 Å². The minimum atomic E-state index is 0.0642. The molecule has 2 rings (SSSR count). The molecule has 3 heteroatoms. The van der Waals surface area contributed by atoms with Crippen LogP contribution in [0, 0.1) is 5.92 Å². The zero-order valence-electron chi connectivity index (χ0n) is 10.3. The molecule has 0 unspecified atom stereocenters. The molecular formula is C13H26N2O. The monoisotopic (exact) mass is 226 g/mol. The van der Waals surface area contributed by atoms with Crippen molar-refractivity contribution in [2.45, 2.75) is 50.5 Å². The summed E-state index contributed by atoms with van der Waals surface area (Å²) in [6, 6.07) is 0. The summed E-state index contributed by atoms with van der Waals surface area (Å²) in [6.07, 6.45) is 9.08. The lowest BCUT2D eigenvalue weighted by molar-refractivity contribution is 0.124. The normalized spacial score (nSPS) is 24.6. The Morgan fingerprint density at radius 2 is 1.94 bits per heavy atom. The van der Waals surface area contributed by atoms with Crippen molar-refractivity contribution in [3.05, 3.63) is 0 Å². The second kappa shape index (κ2) is 5.99. The van der Waals surface area contributed by atoms with Crippen molar-refractivity contribution in [3.63, 3.8) is 0 Å². The number of nitrogens with two attached hydrogens (primary N) is 1. The van der Waals surface area contributed by atoms with E-state index in [1.54, 1.807) is 0 Å². The third kappa shape index (κ3) is 4.40. The Balaban J connectivity index is 1.46. The van der Waals surface area contributed by atoms with E-state index in [1.165, 1.54) is 44.9 Å². The van der Waals surface area contributed by atoms with Gasteiger partial charge >= 0.3 is 0 Å². The van der Waals surface area contributed by atoms with Crippen LogP contribution in [0.15, 0.2) is 0 Å². The van der Waals surface area contributed by atoms with E-state index >= 15 is 0 Å². The molecule has 0 atom stereocenters. The predicted molar refractivity (Wildman–Crippen MR) is 66.4 cm³/mol. The summed E-state index contributed by atoms with van der Waals surface area (Å²) in [5, 5.41) is 3.44. The van der Waals surface area contributed by atoms with Crippen LogP contribution in [0.1, 0.15) is 44.9 Å². The number of hydrogen-bond donors (Lipinski definition) is 2. The first-order valence-corrected chi connectivity index (χ1v) is 6.86. The summed E-state index contributed by atoms with van der Waals surface area (Å²) in [4.78, 5) is 0. The van der Waals surface area contributed by atoms with Gasteiger partial charge in [0.05, 0.1) is 6.61 Å². The Hall–Kier alpha value is -0.120. The quantitative estimate of drug-likeness (QED) is 0.649. The Labute approximate surface area is 99.1 Å². The molecule has 0 heterocycles. The van der Waals surface area contributed by atoms with E-state index in [9.17, 15) is 0 Å². The van der Waals surface area contributed by atoms with Crippen molar-refractivity contribution in [2.24, 2.45) is 11.7 Å². The van der Waals surface area contributed by atoms with Crippen molar-refractivity contribution in [3.8, 4) is 0 Å². The van der Waals surface area contributed by atoms with Crippen LogP contribution in [0.25, 0.3) is 0 Å². The average Bonchev–Trinajstić information content (AvgIpc) is 3.08. The summed E-state index contributed by atoms with van der Waals surface area (Å²) >= 11 is 0. The predicted octanol–water partition coefficient (Wildman–Crippen LogP) is 1.66. The first-order chi connectivity index (χ1) is 7.79. The minimum absolute atomic E-state index is 0.0642. The molecule has 2 aliphatic rings. The second-order valence-electron chi connectivity index (χ2n) is 5.62. The summed E-state index contributed by atoms with van der Waals surface area (Å²) in [5.74, 6) is 0.874. The molecule has 2 fully saturated rings. The molecule has 0 spiro atoms. The van der Waals surface area contributed by atoms with E-state index in [-0.39, 0.29) is 5.54 Å². The van der Waals surface area contributed by atoms with Crippen LogP contribution in [0.5, 0.6) is 0 Å². The molecular weight excluding hydrogens is 200 g/mol. The van der Waals surface area contributed by atoms with Crippen molar-refractivity contribution >= 4 is 0 Å². The molecule has 16 heavy (non-hydrogen) atoms. The number of hydrogen-bond acceptors (Lipinski definition) is 3. The molecule has 0 amide bonds. The molecule has 0 aromatic heterocycles. The maximum Gasteiger partial charge on any atom is 0.0591 e. The van der Waals surface area contributed by atoms with Gasteiger partial charge < -0.3 is 15.8 Å². The minimum Gasteiger partial charge on any atom is -0.380 e. The van der Waals surface area contributed by atoms with Gasteiger partial charge in [-0.15, -0.1) is 0 Å². The van der Waals surface area contributed by atoms with Crippen LogP contribution >= 0.6 is 0 Å². The van der Waals surface area contributed by atoms with Gasteiger partial charge in [-0.05, 0) is 31.6 Å². The molecule has 0 aromatic carbocycles. The number of nitrogens with one attached hydrogen (secondary N) is 1. The highest BCUT2D eigenvalue weighted by atomic mass is 16.5. The molecule has 0 bridgehead atoms. The first kappa shape index (κ1) is 12.3. The molecule has 0 aliphatic heterocycles. The fourth-order valence-electron chi connectivity index (χ4n) is 2.45. The lowest BCUT2D eigenvalue weighted by Gasteiger charge is -2.33. The van der Waals surface area contributed by atoms with Gasteiger partial charge in [-0.25, -0.2) is 0 Å². The Morgan fingerprint density at radius 3 is 2.62 bits per heavy atom. The highest BCUT2D eigenvalue weighted by Gasteiger charge is 2.26. The van der Waals surface area contributed by atoms with E-state index in [1.807, 2.05) is 0 Å². The van der Waals surface area contributed by atoms with E-state index in [0.29, 0.717) is 0 Å². The van der Waals surface area contributed by atoms with Crippen LogP contribution in [0.3, 0.4) is 0 Å². The van der Waals surface area contributed by atoms with Crippen molar-refractivity contribution in [2.75, 3.05) is 26.3 Å². The van der Waals surface area contributed by atoms with Gasteiger partial charge in [0.1, 0.15) is 0 Å². The second-order valence-corrected chi connectivity index (χ2v) is 5.62. The topological polar surface area (TPSA) is 47.3 Å². The Kier molecular flexibility index (Phi) is 4.62. The fourth-order valence-corrected chi connectivity index (χ4v) is 2.45. The SMILES string of the molecule is NC1(CNCCOCC2CC2)CCCCC1. The van der Waals surface area contributed by atoms with Gasteiger partial charge in [0.25, 0.3) is 0 Å². The molecule has 94 valence electrons. The van der Waals surface area contributed by atoms with Crippen LogP contribution in [-0.2, 0) is 4.74 Å². The molecule has 0 saturated heterocycles. The highest BCUT2D eigenvalue weighted by molar-refractivity contribution is 4.89. The van der Waals surface area contributed by atoms with Crippen LogP contribution < -0.4 is 11.1 Å². The van der Waals surface area contributed by atoms with Crippen LogP contribution in [-0.4, -0.2) is 31.8 Å². The number of ether oxygens (including phenoxy) is 1. The average molecular weight is 226 g/mol. The maximum atomic E-state index is 6.33. The summed E-state index contributed by atoms with van der Waals surface area (Å²) in [6.45, 7) is 3.72. The fraction of sp³-hybridized carbons (Fsp3) is 1.00. The van der Waals surface area contributed by atoms with Gasteiger partial charge in [-0.3, -0.25) is 0 Å². The van der Waals surface area contributed by atoms with Crippen molar-refractivity contribution in [1.29, 1.82) is 0 Å². The molecule has 2 aliphatic carbocycles. The third-order valence-corrected chi connectivity index (χ3v) is 3.80. The Bertz CT molecular complexity index is 198. The molecule has 0 aromatic rings. The van der Waals surface area contributed by atoms with Crippen molar-refractivity contribution in [1.82, 2.24) is 5.32 Å². The third-order valence-electron chi connectivity index (χ3n) is 3.80. The Morgan fingerprint density at radius 1 is 1.19 bits per heavy atom. The van der Waals surface area contributed by atoms with Gasteiger partial charge in [-0.2, -0.15) is 0 Å². The zero-order valence-corrected chi connectivity index (χ0v) is 10.3. The van der Waals surface area contributed by atoms with E-state index < -0.39 is 0 Å². The maximum absolute atomic E-state index is 6.33. The van der Waals surface area contributed by atoms with E-state index in [0.717, 1.165) is 32.2 Å². The van der Waals surface area contributed by atoms with Crippen molar-refractivity contribution < 1.29 is 4.74 Å². The first-order valence-electron chi connectivity index (χ1n) is 6.86. The zero-order chi connectivity index (χ0) is 11.3. The summed E-state index contributed by atoms with van der Waals surface area (Å²) in [5.41, 5.74) is 6.39. The summed E-state index contributed by atoms with van der Waals surface area (Å²) in [7, 11) is 0. The molecule has 3 N–H and O–H groups in total. The van der Waals surface area contributed by atoms with Crippen LogP contribution in [0.4, 0.5) is 0 Å². The number of rotatable bonds is 7. The lowest BCUT2D eigenvalue weighted by Crippen LogP contribution is -2.50. The van der Waals surface area contributed by atoms with Gasteiger partial charge in [0.15, 0.2) is 0 Å². The highest BCUT2D eigenvalue weighted by Crippen LogP contribution is 2.28. The molecule has 0 radical (unpaired) electrons. The molecule has 2 saturated carbocycles. The van der Waals surface area contributed by atoms with E-state index in [2.05, 4.69) is 5.32 Å². The van der Waals surface area contributed by atoms with Gasteiger partial charge in [0.2, 0.25) is 0 Å². The largest absolute Gasteiger partial charge is 0.380 e. The smallest absolute Gasteiger partial charge is 0.0591 e.